The van der Waals surface area contributed by atoms with Gasteiger partial charge in [-0.3, -0.25) is 4.79 Å². The molecule has 7 nitrogen and oxygen atoms in total. The van der Waals surface area contributed by atoms with Crippen molar-refractivity contribution >= 4 is 11.7 Å². The van der Waals surface area contributed by atoms with E-state index in [0.29, 0.717) is 17.1 Å². The van der Waals surface area contributed by atoms with E-state index in [4.69, 9.17) is 21.3 Å². The quantitative estimate of drug-likeness (QED) is 0.599. The maximum Gasteiger partial charge on any atom is 0.222 e. The van der Waals surface area contributed by atoms with Crippen LogP contribution in [0.4, 0.5) is 5.82 Å². The highest BCUT2D eigenvalue weighted by Gasteiger charge is 2.24. The minimum atomic E-state index is -0.427. The van der Waals surface area contributed by atoms with Crippen LogP contribution in [0.25, 0.3) is 11.3 Å². The summed E-state index contributed by atoms with van der Waals surface area (Å²) in [5.74, 6) is 1.58. The van der Waals surface area contributed by atoms with Crippen LogP contribution in [-0.2, 0) is 11.2 Å². The number of rotatable bonds is 6. The average Bonchev–Trinajstić information content (AvgIpc) is 3.06. The molecule has 1 amide bonds. The van der Waals surface area contributed by atoms with Gasteiger partial charge in [0.1, 0.15) is 17.3 Å². The molecule has 0 unspecified atom stereocenters. The van der Waals surface area contributed by atoms with E-state index >= 15 is 0 Å². The van der Waals surface area contributed by atoms with Crippen LogP contribution in [0.5, 0.6) is 11.5 Å². The molecule has 3 aromatic rings. The first-order chi connectivity index (χ1) is 14.1. The van der Waals surface area contributed by atoms with Crippen LogP contribution in [0.3, 0.4) is 0 Å². The molecule has 7 heteroatoms. The summed E-state index contributed by atoms with van der Waals surface area (Å²) in [6, 6.07) is 17.4. The van der Waals surface area contributed by atoms with Crippen LogP contribution in [0.1, 0.15) is 24.4 Å². The first-order valence-corrected chi connectivity index (χ1v) is 9.81. The van der Waals surface area contributed by atoms with E-state index in [1.54, 1.807) is 0 Å². The fourth-order valence-corrected chi connectivity index (χ4v) is 3.69. The Bertz CT molecular complexity index is 976. The molecule has 29 heavy (non-hydrogen) atoms. The molecule has 2 heterocycles. The van der Waals surface area contributed by atoms with Gasteiger partial charge in [0, 0.05) is 17.7 Å². The molecule has 0 saturated carbocycles. The monoisotopic (exact) mass is 391 g/mol. The van der Waals surface area contributed by atoms with E-state index in [1.165, 1.54) is 0 Å². The van der Waals surface area contributed by atoms with Crippen molar-refractivity contribution in [3.63, 3.8) is 0 Å². The van der Waals surface area contributed by atoms with Gasteiger partial charge in [-0.25, -0.2) is 4.68 Å². The summed E-state index contributed by atoms with van der Waals surface area (Å²) in [4.78, 5) is 11.6. The Hall–Kier alpha value is -3.32. The lowest BCUT2D eigenvalue weighted by Crippen LogP contribution is -2.32. The van der Waals surface area contributed by atoms with E-state index in [1.807, 2.05) is 59.3 Å². The molecule has 2 aromatic carbocycles. The second-order valence-electron chi connectivity index (χ2n) is 7.24. The zero-order valence-electron chi connectivity index (χ0n) is 16.2. The number of para-hydroxylation sites is 1. The van der Waals surface area contributed by atoms with Gasteiger partial charge >= 0.3 is 0 Å². The summed E-state index contributed by atoms with van der Waals surface area (Å²) in [7, 11) is 0. The fraction of sp³-hybridized carbons (Fsp3) is 0.273. The average molecular weight is 391 g/mol. The van der Waals surface area contributed by atoms with E-state index in [0.717, 1.165) is 43.0 Å². The van der Waals surface area contributed by atoms with Gasteiger partial charge in [-0.1, -0.05) is 18.2 Å². The summed E-state index contributed by atoms with van der Waals surface area (Å²) in [6.07, 6.45) is 2.12. The molecule has 0 bridgehead atoms. The maximum absolute atomic E-state index is 11.6. The summed E-state index contributed by atoms with van der Waals surface area (Å²) in [5.41, 5.74) is 14.1. The number of benzene rings is 2. The molecular weight excluding hydrogens is 366 g/mol. The number of piperidine rings is 1. The number of aromatic nitrogens is 2. The van der Waals surface area contributed by atoms with Crippen LogP contribution in [0, 0.1) is 0 Å². The Kier molecular flexibility index (Phi) is 5.48. The van der Waals surface area contributed by atoms with Gasteiger partial charge in [0.15, 0.2) is 0 Å². The van der Waals surface area contributed by atoms with Crippen molar-refractivity contribution in [3.05, 3.63) is 60.2 Å². The first-order valence-electron chi connectivity index (χ1n) is 9.81. The fourth-order valence-electron chi connectivity index (χ4n) is 3.69. The molecule has 0 radical (unpaired) electrons. The van der Waals surface area contributed by atoms with Crippen LogP contribution < -0.4 is 21.5 Å². The molecule has 1 atom stereocenters. The minimum Gasteiger partial charge on any atom is -0.457 e. The Labute approximate surface area is 169 Å². The SMILES string of the molecule is NC(=O)Cc1c(-c2ccc(Oc3ccccc3)cc2)nn([C@@H]2CCCNC2)c1N. The van der Waals surface area contributed by atoms with Crippen LogP contribution in [0.2, 0.25) is 0 Å². The van der Waals surface area contributed by atoms with Gasteiger partial charge in [-0.15, -0.1) is 0 Å². The van der Waals surface area contributed by atoms with E-state index in [2.05, 4.69) is 5.32 Å². The second kappa shape index (κ2) is 8.36. The number of hydrogen-bond acceptors (Lipinski definition) is 5. The van der Waals surface area contributed by atoms with Crippen molar-refractivity contribution < 1.29 is 9.53 Å². The number of hydrogen-bond donors (Lipinski definition) is 3. The number of nitrogens with one attached hydrogen (secondary N) is 1. The zero-order valence-corrected chi connectivity index (χ0v) is 16.2. The second-order valence-corrected chi connectivity index (χ2v) is 7.24. The molecular formula is C22H25N5O2. The van der Waals surface area contributed by atoms with E-state index in [9.17, 15) is 4.79 Å². The third-order valence-corrected chi connectivity index (χ3v) is 5.12. The lowest BCUT2D eigenvalue weighted by molar-refractivity contribution is -0.117. The van der Waals surface area contributed by atoms with Gasteiger partial charge in [-0.05, 0) is 55.8 Å². The number of anilines is 1. The molecule has 1 aromatic heterocycles. The third kappa shape index (κ3) is 4.25. The lowest BCUT2D eigenvalue weighted by atomic mass is 10.0. The summed E-state index contributed by atoms with van der Waals surface area (Å²) >= 11 is 0. The van der Waals surface area contributed by atoms with Gasteiger partial charge in [0.25, 0.3) is 0 Å². The molecule has 1 saturated heterocycles. The summed E-state index contributed by atoms with van der Waals surface area (Å²) < 4.78 is 7.70. The van der Waals surface area contributed by atoms with Crippen molar-refractivity contribution in [2.24, 2.45) is 5.73 Å². The predicted octanol–water partition coefficient (Wildman–Crippen LogP) is 2.88. The van der Waals surface area contributed by atoms with Gasteiger partial charge < -0.3 is 21.5 Å². The number of carbonyl (C=O) groups is 1. The van der Waals surface area contributed by atoms with Crippen molar-refractivity contribution in [3.8, 4) is 22.8 Å². The predicted molar refractivity (Wildman–Crippen MR) is 113 cm³/mol. The van der Waals surface area contributed by atoms with Crippen LogP contribution in [0.15, 0.2) is 54.6 Å². The molecule has 1 aliphatic rings. The van der Waals surface area contributed by atoms with Crippen LogP contribution >= 0.6 is 0 Å². The van der Waals surface area contributed by atoms with Gasteiger partial charge in [0.2, 0.25) is 5.91 Å². The molecule has 150 valence electrons. The highest BCUT2D eigenvalue weighted by atomic mass is 16.5. The van der Waals surface area contributed by atoms with Crippen molar-refractivity contribution in [1.29, 1.82) is 0 Å². The van der Waals surface area contributed by atoms with Crippen molar-refractivity contribution in [2.75, 3.05) is 18.8 Å². The zero-order chi connectivity index (χ0) is 20.2. The molecule has 0 spiro atoms. The Balaban J connectivity index is 1.64. The number of amides is 1. The highest BCUT2D eigenvalue weighted by Crippen LogP contribution is 2.33. The largest absolute Gasteiger partial charge is 0.457 e. The normalized spacial score (nSPS) is 16.5. The Morgan fingerprint density at radius 2 is 1.86 bits per heavy atom. The number of nitrogens with two attached hydrogens (primary N) is 2. The van der Waals surface area contributed by atoms with E-state index in [-0.39, 0.29) is 12.5 Å². The molecule has 1 aliphatic heterocycles. The number of primary amides is 1. The molecule has 4 rings (SSSR count). The number of nitrogens with zero attached hydrogens (tertiary/aromatic N) is 2. The Morgan fingerprint density at radius 1 is 1.14 bits per heavy atom. The third-order valence-electron chi connectivity index (χ3n) is 5.12. The molecule has 5 N–H and O–H groups in total. The first kappa shape index (κ1) is 19.0. The highest BCUT2D eigenvalue weighted by molar-refractivity contribution is 5.82. The van der Waals surface area contributed by atoms with Crippen LogP contribution in [-0.4, -0.2) is 28.8 Å². The standard InChI is InChI=1S/C22H25N5O2/c23-20(28)13-19-21(26-27(22(19)24)16-5-4-12-25-14-16)15-8-10-18(11-9-15)29-17-6-2-1-3-7-17/h1-3,6-11,16,25H,4-5,12-14,24H2,(H2,23,28)/t16-/m1/s1. The van der Waals surface area contributed by atoms with Gasteiger partial charge in [0.05, 0.1) is 18.2 Å². The number of carbonyl (C=O) groups excluding carboxylic acids is 1. The Morgan fingerprint density at radius 3 is 2.52 bits per heavy atom. The smallest absolute Gasteiger partial charge is 0.222 e. The molecule has 0 aliphatic carbocycles. The van der Waals surface area contributed by atoms with Crippen molar-refractivity contribution in [1.82, 2.24) is 15.1 Å². The van der Waals surface area contributed by atoms with Gasteiger partial charge in [-0.2, -0.15) is 5.10 Å². The number of ether oxygens (including phenoxy) is 1. The van der Waals surface area contributed by atoms with E-state index < -0.39 is 5.91 Å². The lowest BCUT2D eigenvalue weighted by Gasteiger charge is -2.24. The summed E-state index contributed by atoms with van der Waals surface area (Å²) in [6.45, 7) is 1.81. The summed E-state index contributed by atoms with van der Waals surface area (Å²) in [5, 5.41) is 8.15. The van der Waals surface area contributed by atoms with Crippen molar-refractivity contribution in [2.45, 2.75) is 25.3 Å². The number of nitrogen functional groups attached to an aromatic ring is 1. The molecule has 1 fully saturated rings. The maximum atomic E-state index is 11.6. The topological polar surface area (TPSA) is 108 Å². The minimum absolute atomic E-state index is 0.0591.